The molecule has 9 heteroatoms. The summed E-state index contributed by atoms with van der Waals surface area (Å²) in [7, 11) is 1.42. The minimum Gasteiger partial charge on any atom is -0.495 e. The number of alkyl halides is 2. The standard InChI is InChI=1S/C23H27F2NO6/c1-14(2)32-20(21(27)28)12-16-7-10-18(19(11-16)30-4)26-22(29)31-13-15-5-8-17(9-6-15)23(3,24)25/h5-11,14,20H,12-13H2,1-4H3,(H,26,29)(H,27,28). The third kappa shape index (κ3) is 7.49. The summed E-state index contributed by atoms with van der Waals surface area (Å²) < 4.78 is 42.4. The van der Waals surface area contributed by atoms with Gasteiger partial charge in [0, 0.05) is 18.9 Å². The van der Waals surface area contributed by atoms with Gasteiger partial charge in [-0.05, 0) is 37.1 Å². The number of nitrogens with one attached hydrogen (secondary N) is 1. The van der Waals surface area contributed by atoms with E-state index in [0.29, 0.717) is 22.6 Å². The number of ether oxygens (including phenoxy) is 3. The fraction of sp³-hybridized carbons (Fsp3) is 0.391. The smallest absolute Gasteiger partial charge is 0.412 e. The molecule has 2 rings (SSSR count). The SMILES string of the molecule is COc1cc(CC(OC(C)C)C(=O)O)ccc1NC(=O)OCc1ccc(C(C)(F)F)cc1. The van der Waals surface area contributed by atoms with Crippen LogP contribution in [0.15, 0.2) is 42.5 Å². The van der Waals surface area contributed by atoms with Crippen LogP contribution in [-0.2, 0) is 33.2 Å². The number of hydrogen-bond donors (Lipinski definition) is 2. The van der Waals surface area contributed by atoms with E-state index in [-0.39, 0.29) is 24.7 Å². The van der Waals surface area contributed by atoms with Gasteiger partial charge in [0.25, 0.3) is 5.92 Å². The van der Waals surface area contributed by atoms with Crippen LogP contribution >= 0.6 is 0 Å². The number of carbonyl (C=O) groups excluding carboxylic acids is 1. The van der Waals surface area contributed by atoms with Gasteiger partial charge in [-0.15, -0.1) is 0 Å². The Morgan fingerprint density at radius 2 is 1.72 bits per heavy atom. The second kappa shape index (κ2) is 10.9. The monoisotopic (exact) mass is 451 g/mol. The molecule has 0 radical (unpaired) electrons. The van der Waals surface area contributed by atoms with Crippen molar-refractivity contribution in [1.29, 1.82) is 0 Å². The van der Waals surface area contributed by atoms with Crippen LogP contribution < -0.4 is 10.1 Å². The zero-order chi connectivity index (χ0) is 23.9. The molecule has 2 aromatic rings. The van der Waals surface area contributed by atoms with Gasteiger partial charge in [0.05, 0.1) is 18.9 Å². The first kappa shape index (κ1) is 25.1. The molecule has 7 nitrogen and oxygen atoms in total. The minimum absolute atomic E-state index is 0.103. The molecular weight excluding hydrogens is 424 g/mol. The first-order valence-corrected chi connectivity index (χ1v) is 9.95. The fourth-order valence-electron chi connectivity index (χ4n) is 2.89. The lowest BCUT2D eigenvalue weighted by Crippen LogP contribution is -2.29. The highest BCUT2D eigenvalue weighted by atomic mass is 19.3. The molecule has 0 saturated heterocycles. The lowest BCUT2D eigenvalue weighted by molar-refractivity contribution is -0.153. The van der Waals surface area contributed by atoms with Crippen LogP contribution in [0.1, 0.15) is 37.5 Å². The average Bonchev–Trinajstić information content (AvgIpc) is 2.72. The number of halogens is 2. The zero-order valence-electron chi connectivity index (χ0n) is 18.4. The second-order valence-electron chi connectivity index (χ2n) is 7.54. The van der Waals surface area contributed by atoms with E-state index in [1.54, 1.807) is 32.0 Å². The van der Waals surface area contributed by atoms with Crippen molar-refractivity contribution in [1.82, 2.24) is 0 Å². The van der Waals surface area contributed by atoms with Crippen LogP contribution in [-0.4, -0.2) is 36.5 Å². The number of anilines is 1. The maximum Gasteiger partial charge on any atom is 0.412 e. The van der Waals surface area contributed by atoms with Gasteiger partial charge >= 0.3 is 12.1 Å². The first-order chi connectivity index (χ1) is 15.0. The number of carboxylic acids is 1. The first-order valence-electron chi connectivity index (χ1n) is 9.95. The van der Waals surface area contributed by atoms with Crippen molar-refractivity contribution < 1.29 is 37.7 Å². The highest BCUT2D eigenvalue weighted by Gasteiger charge is 2.24. The summed E-state index contributed by atoms with van der Waals surface area (Å²) in [6.45, 7) is 4.21. The van der Waals surface area contributed by atoms with Crippen molar-refractivity contribution >= 4 is 17.7 Å². The van der Waals surface area contributed by atoms with E-state index in [1.165, 1.54) is 31.4 Å². The topological polar surface area (TPSA) is 94.1 Å². The molecule has 1 amide bonds. The number of rotatable bonds is 10. The quantitative estimate of drug-likeness (QED) is 0.529. The summed E-state index contributed by atoms with van der Waals surface area (Å²) in [6.07, 6.45) is -1.89. The summed E-state index contributed by atoms with van der Waals surface area (Å²) in [5.41, 5.74) is 1.42. The lowest BCUT2D eigenvalue weighted by Gasteiger charge is -2.17. The number of benzene rings is 2. The highest BCUT2D eigenvalue weighted by molar-refractivity contribution is 5.86. The van der Waals surface area contributed by atoms with E-state index in [9.17, 15) is 23.5 Å². The Kier molecular flexibility index (Phi) is 8.54. The minimum atomic E-state index is -2.94. The van der Waals surface area contributed by atoms with Gasteiger partial charge in [-0.25, -0.2) is 18.4 Å². The maximum absolute atomic E-state index is 13.3. The molecule has 0 heterocycles. The molecule has 0 bridgehead atoms. The molecule has 0 saturated carbocycles. The molecule has 1 unspecified atom stereocenters. The number of carbonyl (C=O) groups is 2. The molecule has 2 aromatic carbocycles. The number of methoxy groups -OCH3 is 1. The molecule has 0 spiro atoms. The van der Waals surface area contributed by atoms with Crippen molar-refractivity contribution in [3.8, 4) is 5.75 Å². The predicted molar refractivity (Wildman–Crippen MR) is 114 cm³/mol. The summed E-state index contributed by atoms with van der Waals surface area (Å²) in [5.74, 6) is -3.69. The van der Waals surface area contributed by atoms with E-state index in [0.717, 1.165) is 6.92 Å². The molecule has 32 heavy (non-hydrogen) atoms. The lowest BCUT2D eigenvalue weighted by atomic mass is 10.1. The number of amides is 1. The fourth-order valence-corrected chi connectivity index (χ4v) is 2.89. The van der Waals surface area contributed by atoms with Gasteiger partial charge in [0.2, 0.25) is 0 Å². The molecule has 0 aliphatic heterocycles. The van der Waals surface area contributed by atoms with Crippen LogP contribution in [0.4, 0.5) is 19.3 Å². The maximum atomic E-state index is 13.3. The van der Waals surface area contributed by atoms with Crippen LogP contribution in [0.5, 0.6) is 5.75 Å². The van der Waals surface area contributed by atoms with E-state index in [1.807, 2.05) is 0 Å². The summed E-state index contributed by atoms with van der Waals surface area (Å²) in [4.78, 5) is 23.5. The van der Waals surface area contributed by atoms with E-state index in [4.69, 9.17) is 14.2 Å². The van der Waals surface area contributed by atoms with Gasteiger partial charge in [0.1, 0.15) is 12.4 Å². The van der Waals surface area contributed by atoms with Gasteiger partial charge in [-0.2, -0.15) is 0 Å². The molecule has 1 atom stereocenters. The van der Waals surface area contributed by atoms with Gasteiger partial charge < -0.3 is 19.3 Å². The molecule has 0 aromatic heterocycles. The predicted octanol–water partition coefficient (Wildman–Crippen LogP) is 4.98. The Morgan fingerprint density at radius 3 is 2.25 bits per heavy atom. The Balaban J connectivity index is 1.99. The Morgan fingerprint density at radius 1 is 1.09 bits per heavy atom. The van der Waals surface area contributed by atoms with Gasteiger partial charge in [-0.1, -0.05) is 30.3 Å². The van der Waals surface area contributed by atoms with Crippen molar-refractivity contribution in [3.05, 3.63) is 59.2 Å². The summed E-state index contributed by atoms with van der Waals surface area (Å²) >= 11 is 0. The van der Waals surface area contributed by atoms with Crippen LogP contribution in [0.3, 0.4) is 0 Å². The van der Waals surface area contributed by atoms with Gasteiger partial charge in [0.15, 0.2) is 6.10 Å². The number of aliphatic carboxylic acids is 1. The molecule has 174 valence electrons. The second-order valence-corrected chi connectivity index (χ2v) is 7.54. The van der Waals surface area contributed by atoms with Crippen LogP contribution in [0.2, 0.25) is 0 Å². The highest BCUT2D eigenvalue weighted by Crippen LogP contribution is 2.28. The van der Waals surface area contributed by atoms with Crippen molar-refractivity contribution in [2.45, 2.75) is 51.9 Å². The Bertz CT molecular complexity index is 925. The van der Waals surface area contributed by atoms with Crippen molar-refractivity contribution in [3.63, 3.8) is 0 Å². The zero-order valence-corrected chi connectivity index (χ0v) is 18.4. The molecule has 2 N–H and O–H groups in total. The van der Waals surface area contributed by atoms with E-state index < -0.39 is 24.1 Å². The largest absolute Gasteiger partial charge is 0.495 e. The normalized spacial score (nSPS) is 12.3. The van der Waals surface area contributed by atoms with Crippen molar-refractivity contribution in [2.24, 2.45) is 0 Å². The Labute approximate surface area is 185 Å². The van der Waals surface area contributed by atoms with Crippen molar-refractivity contribution in [2.75, 3.05) is 12.4 Å². The van der Waals surface area contributed by atoms with Crippen LogP contribution in [0, 0.1) is 0 Å². The number of hydrogen-bond acceptors (Lipinski definition) is 5. The van der Waals surface area contributed by atoms with E-state index in [2.05, 4.69) is 5.32 Å². The summed E-state index contributed by atoms with van der Waals surface area (Å²) in [5, 5.41) is 11.9. The molecule has 0 aliphatic carbocycles. The third-order valence-corrected chi connectivity index (χ3v) is 4.47. The van der Waals surface area contributed by atoms with Gasteiger partial charge in [-0.3, -0.25) is 5.32 Å². The third-order valence-electron chi connectivity index (χ3n) is 4.47. The number of carboxylic acid groups (broad SMARTS) is 1. The average molecular weight is 451 g/mol. The molecule has 0 fully saturated rings. The summed E-state index contributed by atoms with van der Waals surface area (Å²) in [6, 6.07) is 10.3. The van der Waals surface area contributed by atoms with Crippen LogP contribution in [0.25, 0.3) is 0 Å². The molecular formula is C23H27F2NO6. The molecule has 0 aliphatic rings. The van der Waals surface area contributed by atoms with E-state index >= 15 is 0 Å². The Hall–Kier alpha value is -3.20.